The Bertz CT molecular complexity index is 1590. The fourth-order valence-corrected chi connectivity index (χ4v) is 5.93. The van der Waals surface area contributed by atoms with Gasteiger partial charge in [-0.3, -0.25) is 9.69 Å². The van der Waals surface area contributed by atoms with E-state index in [1.54, 1.807) is 0 Å². The molecule has 0 amide bonds. The maximum Gasteiger partial charge on any atom is 0.253 e. The number of para-hydroxylation sites is 1. The molecule has 1 aliphatic rings. The van der Waals surface area contributed by atoms with Gasteiger partial charge in [0.25, 0.3) is 5.56 Å². The van der Waals surface area contributed by atoms with E-state index in [9.17, 15) is 4.79 Å². The Kier molecular flexibility index (Phi) is 7.32. The minimum atomic E-state index is -0.404. The van der Waals surface area contributed by atoms with Crippen molar-refractivity contribution < 1.29 is 0 Å². The fourth-order valence-electron chi connectivity index (χ4n) is 5.93. The molecular formula is C32H34N6O. The van der Waals surface area contributed by atoms with Crippen molar-refractivity contribution in [3.8, 4) is 0 Å². The highest BCUT2D eigenvalue weighted by Crippen LogP contribution is 2.34. The average Bonchev–Trinajstić information content (AvgIpc) is 3.66. The van der Waals surface area contributed by atoms with Crippen LogP contribution in [-0.2, 0) is 13.0 Å². The van der Waals surface area contributed by atoms with E-state index in [0.29, 0.717) is 12.1 Å². The van der Waals surface area contributed by atoms with Crippen molar-refractivity contribution >= 4 is 10.9 Å². The molecule has 3 aromatic carbocycles. The molecule has 39 heavy (non-hydrogen) atoms. The second-order valence-corrected chi connectivity index (χ2v) is 10.6. The molecule has 2 heterocycles. The van der Waals surface area contributed by atoms with Crippen molar-refractivity contribution in [1.82, 2.24) is 30.1 Å². The first-order chi connectivity index (χ1) is 19.2. The normalized spacial score (nSPS) is 14.8. The predicted molar refractivity (Wildman–Crippen MR) is 153 cm³/mol. The topological polar surface area (TPSA) is 79.7 Å². The van der Waals surface area contributed by atoms with Crippen LogP contribution in [0.2, 0.25) is 0 Å². The van der Waals surface area contributed by atoms with Gasteiger partial charge in [0.2, 0.25) is 0 Å². The Morgan fingerprint density at radius 2 is 1.67 bits per heavy atom. The van der Waals surface area contributed by atoms with E-state index >= 15 is 0 Å². The van der Waals surface area contributed by atoms with Crippen LogP contribution in [0.5, 0.6) is 0 Å². The van der Waals surface area contributed by atoms with Crippen molar-refractivity contribution in [3.63, 3.8) is 0 Å². The zero-order chi connectivity index (χ0) is 26.6. The minimum Gasteiger partial charge on any atom is -0.321 e. The molecule has 7 nitrogen and oxygen atoms in total. The number of tetrazole rings is 1. The summed E-state index contributed by atoms with van der Waals surface area (Å²) in [6, 6.07) is 29.0. The number of pyridine rings is 1. The Morgan fingerprint density at radius 1 is 0.949 bits per heavy atom. The van der Waals surface area contributed by atoms with Crippen LogP contribution in [0, 0.1) is 6.92 Å². The van der Waals surface area contributed by atoms with E-state index in [-0.39, 0.29) is 11.6 Å². The number of H-pyrrole nitrogens is 1. The number of hydrogen-bond acceptors (Lipinski definition) is 5. The Morgan fingerprint density at radius 3 is 2.41 bits per heavy atom. The fraction of sp³-hybridized carbons (Fsp3) is 0.312. The van der Waals surface area contributed by atoms with Gasteiger partial charge in [-0.25, -0.2) is 4.68 Å². The third kappa shape index (κ3) is 5.40. The lowest BCUT2D eigenvalue weighted by molar-refractivity contribution is 0.201. The lowest BCUT2D eigenvalue weighted by atomic mass is 10.00. The summed E-state index contributed by atoms with van der Waals surface area (Å²) in [6.45, 7) is 3.44. The van der Waals surface area contributed by atoms with Gasteiger partial charge in [-0.05, 0) is 64.8 Å². The van der Waals surface area contributed by atoms with Gasteiger partial charge in [0.1, 0.15) is 6.04 Å². The summed E-state index contributed by atoms with van der Waals surface area (Å²) >= 11 is 0. The minimum absolute atomic E-state index is 0.0967. The number of nitrogens with zero attached hydrogens (tertiary/aromatic N) is 5. The molecule has 1 unspecified atom stereocenters. The number of aromatic nitrogens is 5. The third-order valence-electron chi connectivity index (χ3n) is 7.97. The van der Waals surface area contributed by atoms with E-state index in [4.69, 9.17) is 0 Å². The molecule has 6 rings (SSSR count). The van der Waals surface area contributed by atoms with Gasteiger partial charge in [0.15, 0.2) is 5.82 Å². The van der Waals surface area contributed by atoms with Crippen LogP contribution in [0.3, 0.4) is 0 Å². The zero-order valence-electron chi connectivity index (χ0n) is 22.3. The van der Waals surface area contributed by atoms with Crippen LogP contribution in [0.4, 0.5) is 0 Å². The van der Waals surface area contributed by atoms with Gasteiger partial charge < -0.3 is 4.98 Å². The molecule has 0 spiro atoms. The van der Waals surface area contributed by atoms with Crippen molar-refractivity contribution in [1.29, 1.82) is 0 Å². The van der Waals surface area contributed by atoms with Crippen molar-refractivity contribution in [2.75, 3.05) is 6.54 Å². The zero-order valence-corrected chi connectivity index (χ0v) is 22.3. The summed E-state index contributed by atoms with van der Waals surface area (Å²) in [5, 5.41) is 14.2. The summed E-state index contributed by atoms with van der Waals surface area (Å²) in [7, 11) is 0. The van der Waals surface area contributed by atoms with E-state index in [2.05, 4.69) is 80.0 Å². The number of rotatable bonds is 9. The number of fused-ring (bicyclic) bond motifs is 1. The average molecular weight is 519 g/mol. The standard InChI is InChI=1S/C32H34N6O/c1-23-11-10-16-26-21-28(32(39)33-29(23)26)30(31-34-35-36-38(31)27-17-8-9-18-27)37(22-25-14-6-3-7-15-25)20-19-24-12-4-2-5-13-24/h2-7,10-16,21,27,30H,8-9,17-20,22H2,1H3,(H,33,39). The van der Waals surface area contributed by atoms with E-state index < -0.39 is 6.04 Å². The molecule has 0 bridgehead atoms. The maximum atomic E-state index is 13.8. The van der Waals surface area contributed by atoms with Crippen LogP contribution < -0.4 is 5.56 Å². The van der Waals surface area contributed by atoms with Gasteiger partial charge in [0, 0.05) is 18.7 Å². The summed E-state index contributed by atoms with van der Waals surface area (Å²) in [5.41, 5.74) is 4.94. The van der Waals surface area contributed by atoms with Crippen LogP contribution in [0.25, 0.3) is 10.9 Å². The number of benzene rings is 3. The first-order valence-electron chi connectivity index (χ1n) is 13.9. The molecule has 1 saturated carbocycles. The molecular weight excluding hydrogens is 484 g/mol. The molecule has 0 aliphatic heterocycles. The summed E-state index contributed by atoms with van der Waals surface area (Å²) in [4.78, 5) is 19.4. The SMILES string of the molecule is Cc1cccc2cc(C(c3nnnn3C3CCCC3)N(CCc3ccccc3)Cc3ccccc3)c(=O)[nH]c12. The van der Waals surface area contributed by atoms with Crippen LogP contribution >= 0.6 is 0 Å². The van der Waals surface area contributed by atoms with Gasteiger partial charge in [-0.15, -0.1) is 5.10 Å². The van der Waals surface area contributed by atoms with E-state index in [0.717, 1.165) is 48.1 Å². The molecule has 7 heteroatoms. The highest BCUT2D eigenvalue weighted by molar-refractivity contribution is 5.82. The van der Waals surface area contributed by atoms with E-state index in [1.165, 1.54) is 24.0 Å². The van der Waals surface area contributed by atoms with Gasteiger partial charge in [-0.1, -0.05) is 91.7 Å². The molecule has 1 aliphatic carbocycles. The first-order valence-corrected chi connectivity index (χ1v) is 13.9. The molecule has 5 aromatic rings. The van der Waals surface area contributed by atoms with Gasteiger partial charge >= 0.3 is 0 Å². The molecule has 1 N–H and O–H groups in total. The quantitative estimate of drug-likeness (QED) is 0.268. The molecule has 198 valence electrons. The Hall–Kier alpha value is -4.10. The summed E-state index contributed by atoms with van der Waals surface area (Å²) < 4.78 is 2.00. The number of hydrogen-bond donors (Lipinski definition) is 1. The molecule has 2 aromatic heterocycles. The van der Waals surface area contributed by atoms with Crippen molar-refractivity contribution in [2.45, 2.75) is 57.7 Å². The second-order valence-electron chi connectivity index (χ2n) is 10.6. The van der Waals surface area contributed by atoms with Crippen LogP contribution in [-0.4, -0.2) is 36.6 Å². The highest BCUT2D eigenvalue weighted by Gasteiger charge is 2.33. The third-order valence-corrected chi connectivity index (χ3v) is 7.97. The molecule has 1 atom stereocenters. The van der Waals surface area contributed by atoms with Crippen LogP contribution in [0.15, 0.2) is 89.7 Å². The number of aryl methyl sites for hydroxylation is 1. The molecule has 1 fully saturated rings. The Balaban J connectivity index is 1.50. The number of nitrogens with one attached hydrogen (secondary N) is 1. The van der Waals surface area contributed by atoms with E-state index in [1.807, 2.05) is 41.9 Å². The predicted octanol–water partition coefficient (Wildman–Crippen LogP) is 5.77. The molecule has 0 saturated heterocycles. The second kappa shape index (κ2) is 11.3. The number of aromatic amines is 1. The first kappa shape index (κ1) is 25.2. The lowest BCUT2D eigenvalue weighted by Gasteiger charge is -2.32. The highest BCUT2D eigenvalue weighted by atomic mass is 16.1. The van der Waals surface area contributed by atoms with Gasteiger partial charge in [0.05, 0.1) is 11.6 Å². The largest absolute Gasteiger partial charge is 0.321 e. The lowest BCUT2D eigenvalue weighted by Crippen LogP contribution is -2.36. The Labute approximate surface area is 228 Å². The van der Waals surface area contributed by atoms with Gasteiger partial charge in [-0.2, -0.15) is 0 Å². The van der Waals surface area contributed by atoms with Crippen molar-refractivity contribution in [3.05, 3.63) is 123 Å². The smallest absolute Gasteiger partial charge is 0.253 e. The monoisotopic (exact) mass is 518 g/mol. The summed E-state index contributed by atoms with van der Waals surface area (Å²) in [5.74, 6) is 0.739. The molecule has 0 radical (unpaired) electrons. The van der Waals surface area contributed by atoms with Crippen LogP contribution in [0.1, 0.15) is 65.8 Å². The maximum absolute atomic E-state index is 13.8. The summed E-state index contributed by atoms with van der Waals surface area (Å²) in [6.07, 6.45) is 5.31. The van der Waals surface area contributed by atoms with Crippen molar-refractivity contribution in [2.24, 2.45) is 0 Å².